The molecule has 0 N–H and O–H groups in total. The van der Waals surface area contributed by atoms with Gasteiger partial charge in [0.2, 0.25) is 0 Å². The third kappa shape index (κ3) is 5.40. The van der Waals surface area contributed by atoms with Crippen molar-refractivity contribution in [1.29, 1.82) is 0 Å². The predicted octanol–water partition coefficient (Wildman–Crippen LogP) is 13.7. The molecule has 8 aromatic carbocycles. The van der Waals surface area contributed by atoms with Gasteiger partial charge >= 0.3 is 0 Å². The quantitative estimate of drug-likeness (QED) is 0.171. The number of hydrogen-bond acceptors (Lipinski definition) is 4. The van der Waals surface area contributed by atoms with Gasteiger partial charge in [-0.3, -0.25) is 0 Å². The monoisotopic (exact) mass is 732 g/mol. The van der Waals surface area contributed by atoms with Gasteiger partial charge in [0, 0.05) is 53.2 Å². The van der Waals surface area contributed by atoms with Crippen molar-refractivity contribution in [2.45, 2.75) is 0 Å². The summed E-state index contributed by atoms with van der Waals surface area (Å²) < 4.78 is 4.97. The van der Waals surface area contributed by atoms with E-state index >= 15 is 0 Å². The molecule has 11 rings (SSSR count). The van der Waals surface area contributed by atoms with Gasteiger partial charge in [0.1, 0.15) is 0 Å². The molecule has 0 radical (unpaired) electrons. The van der Waals surface area contributed by atoms with Crippen molar-refractivity contribution in [3.8, 4) is 62.1 Å². The molecule has 0 saturated carbocycles. The van der Waals surface area contributed by atoms with Crippen molar-refractivity contribution < 1.29 is 0 Å². The van der Waals surface area contributed by atoms with Gasteiger partial charge in [0.05, 0.1) is 16.7 Å². The minimum absolute atomic E-state index is 0.651. The smallest absolute Gasteiger partial charge is 0.164 e. The summed E-state index contributed by atoms with van der Waals surface area (Å²) in [4.78, 5) is 14.7. The van der Waals surface area contributed by atoms with E-state index in [1.165, 1.54) is 64.4 Å². The molecule has 0 amide bonds. The highest BCUT2D eigenvalue weighted by atomic mass is 32.1. The Morgan fingerprint density at radius 2 is 0.839 bits per heavy atom. The van der Waals surface area contributed by atoms with Gasteiger partial charge in [0.25, 0.3) is 0 Å². The molecule has 11 aromatic rings. The highest BCUT2D eigenvalue weighted by Crippen LogP contribution is 2.44. The fourth-order valence-corrected chi connectivity index (χ4v) is 9.23. The van der Waals surface area contributed by atoms with E-state index in [2.05, 4.69) is 138 Å². The molecular weight excluding hydrogens is 701 g/mol. The Kier molecular flexibility index (Phi) is 7.64. The first-order chi connectivity index (χ1) is 27.8. The van der Waals surface area contributed by atoms with Crippen LogP contribution in [0.2, 0.25) is 0 Å². The molecule has 5 heteroatoms. The fraction of sp³-hybridized carbons (Fsp3) is 0. The zero-order chi connectivity index (χ0) is 37.0. The van der Waals surface area contributed by atoms with Gasteiger partial charge in [-0.2, -0.15) is 0 Å². The summed E-state index contributed by atoms with van der Waals surface area (Å²) in [5.74, 6) is 1.97. The second kappa shape index (κ2) is 13.3. The van der Waals surface area contributed by atoms with Crippen LogP contribution in [-0.4, -0.2) is 19.5 Å². The van der Waals surface area contributed by atoms with E-state index in [1.54, 1.807) is 0 Å². The summed E-state index contributed by atoms with van der Waals surface area (Å²) in [5.41, 5.74) is 11.2. The first kappa shape index (κ1) is 32.2. The Morgan fingerprint density at radius 3 is 1.48 bits per heavy atom. The first-order valence-electron chi connectivity index (χ1n) is 18.8. The largest absolute Gasteiger partial charge is 0.309 e. The van der Waals surface area contributed by atoms with E-state index in [9.17, 15) is 0 Å². The molecule has 0 spiro atoms. The molecule has 0 aliphatic heterocycles. The van der Waals surface area contributed by atoms with Crippen LogP contribution >= 0.6 is 11.3 Å². The lowest BCUT2D eigenvalue weighted by molar-refractivity contribution is 1.07. The molecule has 0 unspecified atom stereocenters. The van der Waals surface area contributed by atoms with Gasteiger partial charge < -0.3 is 4.57 Å². The third-order valence-electron chi connectivity index (χ3n) is 10.7. The Hall–Kier alpha value is -7.21. The molecule has 262 valence electrons. The number of para-hydroxylation sites is 3. The van der Waals surface area contributed by atoms with Crippen molar-refractivity contribution >= 4 is 53.3 Å². The summed E-state index contributed by atoms with van der Waals surface area (Å²) in [6.45, 7) is 0. The van der Waals surface area contributed by atoms with Crippen LogP contribution < -0.4 is 0 Å². The van der Waals surface area contributed by atoms with Crippen LogP contribution in [0.3, 0.4) is 0 Å². The topological polar surface area (TPSA) is 43.6 Å². The second-order valence-electron chi connectivity index (χ2n) is 14.0. The normalized spacial score (nSPS) is 11.6. The second-order valence-corrected chi connectivity index (χ2v) is 15.1. The molecule has 0 bridgehead atoms. The predicted molar refractivity (Wildman–Crippen MR) is 234 cm³/mol. The molecule has 0 aliphatic rings. The maximum absolute atomic E-state index is 4.93. The standard InChI is InChI=1S/C51H32N4S/c1-3-14-34(15-4-1)49-52-50(35-16-5-2-6-17-35)54-51(53-49)36-28-26-33(27-29-36)37-30-31-42-47(32-37)56-46-25-13-21-41(48(42)46)40-20-9-12-24-45(40)55-43-22-10-7-18-38(43)39-19-8-11-23-44(39)55/h1-32H. The zero-order valence-corrected chi connectivity index (χ0v) is 31.0. The van der Waals surface area contributed by atoms with Crippen LogP contribution in [0, 0.1) is 0 Å². The fourth-order valence-electron chi connectivity index (χ4n) is 8.06. The maximum atomic E-state index is 4.93. The van der Waals surface area contributed by atoms with Crippen LogP contribution in [0.4, 0.5) is 0 Å². The lowest BCUT2D eigenvalue weighted by atomic mass is 9.96. The summed E-state index contributed by atoms with van der Waals surface area (Å²) in [7, 11) is 0. The van der Waals surface area contributed by atoms with Crippen LogP contribution in [0.1, 0.15) is 0 Å². The maximum Gasteiger partial charge on any atom is 0.164 e. The van der Waals surface area contributed by atoms with Crippen LogP contribution in [0.25, 0.3) is 104 Å². The summed E-state index contributed by atoms with van der Waals surface area (Å²) in [6, 6.07) is 68.7. The zero-order valence-electron chi connectivity index (χ0n) is 30.2. The Bertz CT molecular complexity index is 3130. The molecule has 0 fully saturated rings. The summed E-state index contributed by atoms with van der Waals surface area (Å²) >= 11 is 1.85. The average Bonchev–Trinajstić information content (AvgIpc) is 3.82. The molecule has 0 saturated heterocycles. The number of thiophene rings is 1. The number of nitrogens with zero attached hydrogens (tertiary/aromatic N) is 4. The van der Waals surface area contributed by atoms with Gasteiger partial charge in [-0.05, 0) is 47.0 Å². The lowest BCUT2D eigenvalue weighted by Gasteiger charge is -2.15. The highest BCUT2D eigenvalue weighted by Gasteiger charge is 2.19. The highest BCUT2D eigenvalue weighted by molar-refractivity contribution is 7.26. The Labute approximate surface area is 327 Å². The number of rotatable bonds is 6. The van der Waals surface area contributed by atoms with Crippen molar-refractivity contribution in [3.05, 3.63) is 194 Å². The van der Waals surface area contributed by atoms with E-state index in [0.717, 1.165) is 22.3 Å². The van der Waals surface area contributed by atoms with E-state index in [4.69, 9.17) is 15.0 Å². The summed E-state index contributed by atoms with van der Waals surface area (Å²) in [5, 5.41) is 5.09. The molecular formula is C51H32N4S. The number of benzene rings is 8. The van der Waals surface area contributed by atoms with Gasteiger partial charge in [-0.1, -0.05) is 164 Å². The van der Waals surface area contributed by atoms with Gasteiger partial charge in [-0.15, -0.1) is 11.3 Å². The lowest BCUT2D eigenvalue weighted by Crippen LogP contribution is -2.00. The van der Waals surface area contributed by atoms with Crippen molar-refractivity contribution in [2.75, 3.05) is 0 Å². The Morgan fingerprint density at radius 1 is 0.339 bits per heavy atom. The van der Waals surface area contributed by atoms with Crippen molar-refractivity contribution in [2.24, 2.45) is 0 Å². The van der Waals surface area contributed by atoms with E-state index in [-0.39, 0.29) is 0 Å². The Balaban J connectivity index is 0.989. The minimum Gasteiger partial charge on any atom is -0.309 e. The van der Waals surface area contributed by atoms with Gasteiger partial charge in [-0.25, -0.2) is 15.0 Å². The van der Waals surface area contributed by atoms with E-state index in [1.807, 2.05) is 72.0 Å². The SMILES string of the molecule is c1ccc(-c2nc(-c3ccccc3)nc(-c3ccc(-c4ccc5c(c4)sc4cccc(-c6ccccc6-n6c7ccccc7c7ccccc76)c45)cc3)n2)cc1. The molecule has 0 aliphatic carbocycles. The van der Waals surface area contributed by atoms with Crippen LogP contribution in [0.15, 0.2) is 194 Å². The molecule has 3 aromatic heterocycles. The number of fused-ring (bicyclic) bond motifs is 6. The number of hydrogen-bond donors (Lipinski definition) is 0. The minimum atomic E-state index is 0.651. The molecule has 56 heavy (non-hydrogen) atoms. The molecule has 4 nitrogen and oxygen atoms in total. The molecule has 3 heterocycles. The van der Waals surface area contributed by atoms with Crippen LogP contribution in [-0.2, 0) is 0 Å². The van der Waals surface area contributed by atoms with Crippen LogP contribution in [0.5, 0.6) is 0 Å². The third-order valence-corrected chi connectivity index (χ3v) is 11.8. The summed E-state index contributed by atoms with van der Waals surface area (Å²) in [6.07, 6.45) is 0. The average molecular weight is 733 g/mol. The van der Waals surface area contributed by atoms with Crippen molar-refractivity contribution in [3.63, 3.8) is 0 Å². The van der Waals surface area contributed by atoms with Crippen molar-refractivity contribution in [1.82, 2.24) is 19.5 Å². The van der Waals surface area contributed by atoms with E-state index in [0.29, 0.717) is 17.5 Å². The molecule has 0 atom stereocenters. The van der Waals surface area contributed by atoms with E-state index < -0.39 is 0 Å². The number of aromatic nitrogens is 4. The van der Waals surface area contributed by atoms with Gasteiger partial charge in [0.15, 0.2) is 17.5 Å². The first-order valence-corrected chi connectivity index (χ1v) is 19.6.